The standard InChI is InChI=1S/C27H27FN2O2/c1-16(2)11-25(31)20-13-19(22-9-8-17(3)12-23(22)28)14-21(15-20)26-18(4)27(32-30-26)24-7-5-6-10-29-24/h5-10,12-16,18,27H,11H2,1-4H3/t18-,27-/m0/s1. The topological polar surface area (TPSA) is 51.5 Å². The molecule has 5 heteroatoms. The van der Waals surface area contributed by atoms with Crippen LogP contribution in [0.15, 0.2) is 65.9 Å². The Balaban J connectivity index is 1.77. The molecule has 4 rings (SSSR count). The lowest BCUT2D eigenvalue weighted by molar-refractivity contribution is 0.0621. The summed E-state index contributed by atoms with van der Waals surface area (Å²) < 4.78 is 14.8. The number of benzene rings is 2. The molecule has 0 N–H and O–H groups in total. The van der Waals surface area contributed by atoms with Crippen LogP contribution in [0.4, 0.5) is 4.39 Å². The number of rotatable bonds is 6. The fourth-order valence-corrected chi connectivity index (χ4v) is 4.04. The van der Waals surface area contributed by atoms with Gasteiger partial charge in [0.15, 0.2) is 11.9 Å². The van der Waals surface area contributed by atoms with Gasteiger partial charge >= 0.3 is 0 Å². The quantitative estimate of drug-likeness (QED) is 0.417. The molecule has 0 bridgehead atoms. The first-order chi connectivity index (χ1) is 15.3. The number of carbonyl (C=O) groups is 1. The Kier molecular flexibility index (Phi) is 6.17. The fraction of sp³-hybridized carbons (Fsp3) is 0.296. The maximum Gasteiger partial charge on any atom is 0.177 e. The molecule has 0 radical (unpaired) electrons. The van der Waals surface area contributed by atoms with E-state index < -0.39 is 0 Å². The minimum Gasteiger partial charge on any atom is -0.385 e. The molecule has 0 unspecified atom stereocenters. The highest BCUT2D eigenvalue weighted by Gasteiger charge is 2.34. The molecule has 2 aromatic carbocycles. The zero-order valence-corrected chi connectivity index (χ0v) is 18.8. The van der Waals surface area contributed by atoms with Gasteiger partial charge in [-0.25, -0.2) is 4.39 Å². The van der Waals surface area contributed by atoms with E-state index in [1.54, 1.807) is 18.3 Å². The van der Waals surface area contributed by atoms with Gasteiger partial charge in [0.05, 0.1) is 11.4 Å². The van der Waals surface area contributed by atoms with Gasteiger partial charge in [0.25, 0.3) is 0 Å². The normalized spacial score (nSPS) is 17.9. The van der Waals surface area contributed by atoms with Crippen molar-refractivity contribution >= 4 is 11.5 Å². The molecular weight excluding hydrogens is 403 g/mol. The monoisotopic (exact) mass is 430 g/mol. The highest BCUT2D eigenvalue weighted by Crippen LogP contribution is 2.35. The van der Waals surface area contributed by atoms with Gasteiger partial charge in [-0.3, -0.25) is 9.78 Å². The number of hydrogen-bond acceptors (Lipinski definition) is 4. The predicted molar refractivity (Wildman–Crippen MR) is 124 cm³/mol. The first-order valence-corrected chi connectivity index (χ1v) is 10.9. The van der Waals surface area contributed by atoms with Crippen LogP contribution in [0.2, 0.25) is 0 Å². The van der Waals surface area contributed by atoms with E-state index in [0.29, 0.717) is 23.1 Å². The van der Waals surface area contributed by atoms with Crippen molar-refractivity contribution in [1.82, 2.24) is 4.98 Å². The summed E-state index contributed by atoms with van der Waals surface area (Å²) >= 11 is 0. The maximum atomic E-state index is 14.8. The van der Waals surface area contributed by atoms with Crippen molar-refractivity contribution in [2.75, 3.05) is 0 Å². The van der Waals surface area contributed by atoms with Crippen LogP contribution in [0.5, 0.6) is 0 Å². The molecule has 0 amide bonds. The maximum absolute atomic E-state index is 14.8. The molecule has 0 spiro atoms. The van der Waals surface area contributed by atoms with Crippen LogP contribution in [-0.2, 0) is 4.84 Å². The summed E-state index contributed by atoms with van der Waals surface area (Å²) in [5, 5.41) is 4.35. The van der Waals surface area contributed by atoms with E-state index >= 15 is 0 Å². The third kappa shape index (κ3) is 4.47. The summed E-state index contributed by atoms with van der Waals surface area (Å²) in [5.41, 5.74) is 4.82. The van der Waals surface area contributed by atoms with Crippen molar-refractivity contribution in [2.45, 2.75) is 40.2 Å². The summed E-state index contributed by atoms with van der Waals surface area (Å²) in [7, 11) is 0. The Morgan fingerprint density at radius 2 is 1.88 bits per heavy atom. The van der Waals surface area contributed by atoms with Gasteiger partial charge in [-0.2, -0.15) is 0 Å². The summed E-state index contributed by atoms with van der Waals surface area (Å²) in [6.07, 6.45) is 1.85. The van der Waals surface area contributed by atoms with E-state index in [9.17, 15) is 9.18 Å². The van der Waals surface area contributed by atoms with E-state index in [0.717, 1.165) is 22.5 Å². The highest BCUT2D eigenvalue weighted by molar-refractivity contribution is 6.06. The van der Waals surface area contributed by atoms with Crippen LogP contribution in [-0.4, -0.2) is 16.5 Å². The number of aromatic nitrogens is 1. The molecule has 164 valence electrons. The lowest BCUT2D eigenvalue weighted by atomic mass is 9.88. The molecule has 1 aliphatic heterocycles. The van der Waals surface area contributed by atoms with Gasteiger partial charge in [-0.05, 0) is 60.4 Å². The fourth-order valence-electron chi connectivity index (χ4n) is 4.04. The molecule has 0 aliphatic carbocycles. The Morgan fingerprint density at radius 1 is 1.09 bits per heavy atom. The van der Waals surface area contributed by atoms with E-state index in [1.165, 1.54) is 6.07 Å². The van der Waals surface area contributed by atoms with Crippen molar-refractivity contribution in [3.8, 4) is 11.1 Å². The van der Waals surface area contributed by atoms with Gasteiger partial charge < -0.3 is 4.84 Å². The van der Waals surface area contributed by atoms with Crippen LogP contribution < -0.4 is 0 Å². The first kappa shape index (κ1) is 21.9. The summed E-state index contributed by atoms with van der Waals surface area (Å²) in [5.74, 6) is -0.126. The Bertz CT molecular complexity index is 1170. The van der Waals surface area contributed by atoms with Crippen molar-refractivity contribution < 1.29 is 14.0 Å². The molecule has 0 saturated heterocycles. The summed E-state index contributed by atoms with van der Waals surface area (Å²) in [6, 6.07) is 16.3. The van der Waals surface area contributed by atoms with Crippen LogP contribution in [0.3, 0.4) is 0 Å². The molecule has 3 aromatic rings. The van der Waals surface area contributed by atoms with Gasteiger partial charge in [0.1, 0.15) is 5.82 Å². The predicted octanol–water partition coefficient (Wildman–Crippen LogP) is 6.54. The third-order valence-corrected chi connectivity index (χ3v) is 5.71. The van der Waals surface area contributed by atoms with Crippen LogP contribution in [0, 0.1) is 24.6 Å². The number of oxime groups is 1. The lowest BCUT2D eigenvalue weighted by Crippen LogP contribution is -2.16. The van der Waals surface area contributed by atoms with Gasteiger partial charge in [-0.15, -0.1) is 0 Å². The number of carbonyl (C=O) groups excluding carboxylic acids is 1. The number of halogens is 1. The van der Waals surface area contributed by atoms with Gasteiger partial charge in [0, 0.05) is 35.2 Å². The van der Waals surface area contributed by atoms with E-state index in [2.05, 4.69) is 10.1 Å². The number of Topliss-reactive ketones (excluding diaryl/α,β-unsaturated/α-hetero) is 1. The van der Waals surface area contributed by atoms with Gasteiger partial charge in [0.2, 0.25) is 0 Å². The summed E-state index contributed by atoms with van der Waals surface area (Å²) in [4.78, 5) is 23.1. The Hall–Kier alpha value is -3.34. The average molecular weight is 431 g/mol. The van der Waals surface area contributed by atoms with E-state index in [1.807, 2.05) is 64.1 Å². The van der Waals surface area contributed by atoms with E-state index in [-0.39, 0.29) is 29.5 Å². The Morgan fingerprint density at radius 3 is 2.56 bits per heavy atom. The van der Waals surface area contributed by atoms with E-state index in [4.69, 9.17) is 4.84 Å². The zero-order chi connectivity index (χ0) is 22.8. The first-order valence-electron chi connectivity index (χ1n) is 10.9. The molecule has 2 atom stereocenters. The van der Waals surface area contributed by atoms with Crippen molar-refractivity contribution in [1.29, 1.82) is 0 Å². The summed E-state index contributed by atoms with van der Waals surface area (Å²) in [6.45, 7) is 7.90. The van der Waals surface area contributed by atoms with Crippen LogP contribution >= 0.6 is 0 Å². The number of aryl methyl sites for hydroxylation is 1. The molecule has 4 nitrogen and oxygen atoms in total. The largest absolute Gasteiger partial charge is 0.385 e. The molecule has 0 saturated carbocycles. The molecular formula is C27H27FN2O2. The van der Waals surface area contributed by atoms with Crippen LogP contribution in [0.1, 0.15) is 60.5 Å². The zero-order valence-electron chi connectivity index (χ0n) is 18.8. The van der Waals surface area contributed by atoms with Crippen molar-refractivity contribution in [3.63, 3.8) is 0 Å². The minimum absolute atomic E-state index is 0.0315. The Labute approximate surface area is 188 Å². The molecule has 32 heavy (non-hydrogen) atoms. The third-order valence-electron chi connectivity index (χ3n) is 5.71. The molecule has 2 heterocycles. The highest BCUT2D eigenvalue weighted by atomic mass is 19.1. The molecule has 1 aliphatic rings. The second kappa shape index (κ2) is 9.03. The number of pyridine rings is 1. The average Bonchev–Trinajstić information content (AvgIpc) is 3.15. The number of hydrogen-bond donors (Lipinski definition) is 0. The van der Waals surface area contributed by atoms with Gasteiger partial charge in [-0.1, -0.05) is 44.1 Å². The second-order valence-corrected chi connectivity index (χ2v) is 8.85. The minimum atomic E-state index is -0.312. The lowest BCUT2D eigenvalue weighted by Gasteiger charge is -2.15. The molecule has 0 fully saturated rings. The van der Waals surface area contributed by atoms with Crippen molar-refractivity contribution in [2.24, 2.45) is 17.0 Å². The van der Waals surface area contributed by atoms with Crippen molar-refractivity contribution in [3.05, 3.63) is 89.0 Å². The van der Waals surface area contributed by atoms with Crippen LogP contribution in [0.25, 0.3) is 11.1 Å². The number of ketones is 1. The SMILES string of the molecule is Cc1ccc(-c2cc(C(=O)CC(C)C)cc(C3=NO[C@H](c4ccccn4)[C@H]3C)c2)c(F)c1. The molecule has 1 aromatic heterocycles. The number of nitrogens with zero attached hydrogens (tertiary/aromatic N) is 2. The second-order valence-electron chi connectivity index (χ2n) is 8.85. The smallest absolute Gasteiger partial charge is 0.177 e.